The monoisotopic (exact) mass is 400 g/mol. The topological polar surface area (TPSA) is 90.7 Å². The third-order valence-electron chi connectivity index (χ3n) is 3.99. The summed E-state index contributed by atoms with van der Waals surface area (Å²) in [4.78, 5) is 29.4. The van der Waals surface area contributed by atoms with Gasteiger partial charge in [-0.2, -0.15) is 0 Å². The number of carbonyl (C=O) groups is 2. The van der Waals surface area contributed by atoms with E-state index < -0.39 is 18.0 Å². The zero-order chi connectivity index (χ0) is 20.1. The van der Waals surface area contributed by atoms with E-state index in [0.29, 0.717) is 21.3 Å². The van der Waals surface area contributed by atoms with Gasteiger partial charge in [0, 0.05) is 5.56 Å². The predicted octanol–water partition coefficient (Wildman–Crippen LogP) is 3.58. The minimum Gasteiger partial charge on any atom is -0.497 e. The summed E-state index contributed by atoms with van der Waals surface area (Å²) in [6.45, 7) is 3.49. The van der Waals surface area contributed by atoms with Crippen LogP contribution in [0.15, 0.2) is 47.1 Å². The first-order valence-corrected chi connectivity index (χ1v) is 9.42. The zero-order valence-corrected chi connectivity index (χ0v) is 16.5. The molecule has 0 radical (unpaired) electrons. The molecule has 0 spiro atoms. The highest BCUT2D eigenvalue weighted by atomic mass is 32.1. The molecule has 0 aliphatic heterocycles. The van der Waals surface area contributed by atoms with Crippen LogP contribution in [-0.2, 0) is 16.1 Å². The molecule has 0 unspecified atom stereocenters. The first kappa shape index (κ1) is 19.6. The molecule has 1 N–H and O–H groups in total. The number of rotatable bonds is 7. The van der Waals surface area contributed by atoms with Crippen molar-refractivity contribution in [3.8, 4) is 16.3 Å². The lowest BCUT2D eigenvalue weighted by Gasteiger charge is -2.12. The highest BCUT2D eigenvalue weighted by Gasteiger charge is 2.23. The van der Waals surface area contributed by atoms with Crippen LogP contribution in [0.4, 0.5) is 0 Å². The van der Waals surface area contributed by atoms with Crippen molar-refractivity contribution in [2.45, 2.75) is 26.5 Å². The van der Waals surface area contributed by atoms with Gasteiger partial charge in [0.2, 0.25) is 0 Å². The summed E-state index contributed by atoms with van der Waals surface area (Å²) >= 11 is 1.23. The van der Waals surface area contributed by atoms with Crippen molar-refractivity contribution in [2.24, 2.45) is 0 Å². The Hall–Kier alpha value is -3.13. The number of carbonyl (C=O) groups excluding carboxylic acids is 2. The lowest BCUT2D eigenvalue weighted by Crippen LogP contribution is -2.35. The van der Waals surface area contributed by atoms with E-state index in [4.69, 9.17) is 13.9 Å². The number of benzene rings is 1. The summed E-state index contributed by atoms with van der Waals surface area (Å²) < 4.78 is 15.6. The van der Waals surface area contributed by atoms with Gasteiger partial charge in [-0.3, -0.25) is 4.79 Å². The quantitative estimate of drug-likeness (QED) is 0.610. The van der Waals surface area contributed by atoms with Gasteiger partial charge in [-0.1, -0.05) is 0 Å². The minimum atomic E-state index is -0.937. The molecule has 0 aliphatic rings. The van der Waals surface area contributed by atoms with Crippen molar-refractivity contribution in [1.29, 1.82) is 0 Å². The molecule has 7 nitrogen and oxygen atoms in total. The number of ether oxygens (including phenoxy) is 2. The molecule has 2 aromatic heterocycles. The Bertz CT molecular complexity index is 948. The number of hydrogen-bond acceptors (Lipinski definition) is 7. The molecule has 1 atom stereocenters. The van der Waals surface area contributed by atoms with Crippen molar-refractivity contribution < 1.29 is 23.5 Å². The number of aromatic nitrogens is 1. The molecule has 0 saturated heterocycles. The lowest BCUT2D eigenvalue weighted by atomic mass is 10.2. The smallest absolute Gasteiger partial charge is 0.351 e. The molecular weight excluding hydrogens is 380 g/mol. The fraction of sp³-hybridized carbons (Fsp3) is 0.250. The van der Waals surface area contributed by atoms with Gasteiger partial charge in [-0.25, -0.2) is 9.78 Å². The Morgan fingerprint density at radius 3 is 2.64 bits per heavy atom. The predicted molar refractivity (Wildman–Crippen MR) is 104 cm³/mol. The van der Waals surface area contributed by atoms with Crippen molar-refractivity contribution in [3.63, 3.8) is 0 Å². The van der Waals surface area contributed by atoms with Gasteiger partial charge >= 0.3 is 5.97 Å². The van der Waals surface area contributed by atoms with Gasteiger partial charge in [0.25, 0.3) is 5.91 Å². The third-order valence-corrected chi connectivity index (χ3v) is 5.18. The summed E-state index contributed by atoms with van der Waals surface area (Å²) in [5.74, 6) is 0.387. The molecule has 28 heavy (non-hydrogen) atoms. The number of amides is 1. The highest BCUT2D eigenvalue weighted by Crippen LogP contribution is 2.29. The van der Waals surface area contributed by atoms with E-state index in [1.54, 1.807) is 26.2 Å². The molecule has 3 aromatic rings. The Morgan fingerprint density at radius 2 is 2.00 bits per heavy atom. The van der Waals surface area contributed by atoms with Crippen molar-refractivity contribution in [2.75, 3.05) is 7.11 Å². The van der Waals surface area contributed by atoms with Gasteiger partial charge in [0.15, 0.2) is 6.10 Å². The normalized spacial score (nSPS) is 11.7. The number of nitrogens with one attached hydrogen (secondary N) is 1. The van der Waals surface area contributed by atoms with Crippen LogP contribution in [0.2, 0.25) is 0 Å². The number of hydrogen-bond donors (Lipinski definition) is 1. The molecule has 1 amide bonds. The zero-order valence-electron chi connectivity index (χ0n) is 15.7. The van der Waals surface area contributed by atoms with E-state index >= 15 is 0 Å². The minimum absolute atomic E-state index is 0.231. The average Bonchev–Trinajstić information content (AvgIpc) is 3.35. The average molecular weight is 400 g/mol. The highest BCUT2D eigenvalue weighted by molar-refractivity contribution is 7.17. The van der Waals surface area contributed by atoms with E-state index in [1.807, 2.05) is 24.3 Å². The van der Waals surface area contributed by atoms with Crippen molar-refractivity contribution in [3.05, 3.63) is 59.0 Å². The largest absolute Gasteiger partial charge is 0.497 e. The molecule has 0 saturated carbocycles. The summed E-state index contributed by atoms with van der Waals surface area (Å²) in [6.07, 6.45) is 0.589. The number of nitrogens with zero attached hydrogens (tertiary/aromatic N) is 1. The fourth-order valence-electron chi connectivity index (χ4n) is 2.44. The van der Waals surface area contributed by atoms with Gasteiger partial charge in [-0.15, -0.1) is 11.3 Å². The van der Waals surface area contributed by atoms with Crippen LogP contribution in [0, 0.1) is 6.92 Å². The second kappa shape index (κ2) is 8.71. The molecule has 0 fully saturated rings. The maximum Gasteiger partial charge on any atom is 0.351 e. The van der Waals surface area contributed by atoms with E-state index in [-0.39, 0.29) is 6.54 Å². The maximum absolute atomic E-state index is 12.5. The number of furan rings is 1. The molecule has 0 bridgehead atoms. The Morgan fingerprint density at radius 1 is 1.25 bits per heavy atom. The van der Waals surface area contributed by atoms with Crippen LogP contribution in [0.5, 0.6) is 5.75 Å². The van der Waals surface area contributed by atoms with E-state index in [1.165, 1.54) is 24.5 Å². The van der Waals surface area contributed by atoms with Gasteiger partial charge in [-0.05, 0) is 50.2 Å². The van der Waals surface area contributed by atoms with Crippen LogP contribution in [0.1, 0.15) is 28.0 Å². The van der Waals surface area contributed by atoms with Crippen molar-refractivity contribution in [1.82, 2.24) is 10.3 Å². The molecule has 8 heteroatoms. The fourth-order valence-corrected chi connectivity index (χ4v) is 3.40. The van der Waals surface area contributed by atoms with Crippen molar-refractivity contribution >= 4 is 23.2 Å². The number of esters is 1. The first-order valence-electron chi connectivity index (χ1n) is 8.61. The third kappa shape index (κ3) is 4.58. The summed E-state index contributed by atoms with van der Waals surface area (Å²) in [6, 6.07) is 10.9. The number of methoxy groups -OCH3 is 1. The SMILES string of the molecule is COc1ccc(-c2nc(C)c(C(=O)O[C@H](C)C(=O)NCc3ccco3)s2)cc1. The van der Waals surface area contributed by atoms with E-state index in [9.17, 15) is 9.59 Å². The standard InChI is InChI=1S/C20H20N2O5S/c1-12-17(28-19(22-12)14-6-8-15(25-3)9-7-14)20(24)27-13(2)18(23)21-11-16-5-4-10-26-16/h4-10,13H,11H2,1-3H3,(H,21,23)/t13-/m1/s1. The molecule has 2 heterocycles. The van der Waals surface area contributed by atoms with Gasteiger partial charge in [0.1, 0.15) is 21.4 Å². The van der Waals surface area contributed by atoms with Gasteiger partial charge < -0.3 is 19.2 Å². The lowest BCUT2D eigenvalue weighted by molar-refractivity contribution is -0.129. The van der Waals surface area contributed by atoms with Crippen LogP contribution < -0.4 is 10.1 Å². The molecule has 1 aromatic carbocycles. The molecular formula is C20H20N2O5S. The molecule has 0 aliphatic carbocycles. The van der Waals surface area contributed by atoms with Crippen LogP contribution in [0.25, 0.3) is 10.6 Å². The Kier molecular flexibility index (Phi) is 6.10. The maximum atomic E-state index is 12.5. The first-order chi connectivity index (χ1) is 13.5. The van der Waals surface area contributed by atoms with E-state index in [2.05, 4.69) is 10.3 Å². The second-order valence-corrected chi connectivity index (χ2v) is 7.01. The van der Waals surface area contributed by atoms with Crippen LogP contribution in [0.3, 0.4) is 0 Å². The summed E-state index contributed by atoms with van der Waals surface area (Å²) in [5.41, 5.74) is 1.43. The van der Waals surface area contributed by atoms with Crippen LogP contribution in [-0.4, -0.2) is 30.1 Å². The molecule has 146 valence electrons. The van der Waals surface area contributed by atoms with E-state index in [0.717, 1.165) is 11.3 Å². The molecule has 3 rings (SSSR count). The summed E-state index contributed by atoms with van der Waals surface area (Å²) in [5, 5.41) is 3.36. The van der Waals surface area contributed by atoms with Crippen LogP contribution >= 0.6 is 11.3 Å². The number of thiazole rings is 1. The summed E-state index contributed by atoms with van der Waals surface area (Å²) in [7, 11) is 1.60. The number of aryl methyl sites for hydroxylation is 1. The Labute approximate surface area is 166 Å². The Balaban J connectivity index is 1.63. The van der Waals surface area contributed by atoms with Gasteiger partial charge in [0.05, 0.1) is 25.6 Å². The second-order valence-electron chi connectivity index (χ2n) is 6.01.